The van der Waals surface area contributed by atoms with Gasteiger partial charge in [-0.15, -0.1) is 0 Å². The third-order valence-electron chi connectivity index (χ3n) is 7.09. The van der Waals surface area contributed by atoms with Gasteiger partial charge in [0.15, 0.2) is 5.82 Å². The largest absolute Gasteiger partial charge is 0.338 e. The van der Waals surface area contributed by atoms with Gasteiger partial charge in [-0.3, -0.25) is 0 Å². The van der Waals surface area contributed by atoms with Crippen molar-refractivity contribution in [2.24, 2.45) is 0 Å². The van der Waals surface area contributed by atoms with Crippen molar-refractivity contribution in [1.29, 1.82) is 0 Å². The summed E-state index contributed by atoms with van der Waals surface area (Å²) in [6.07, 6.45) is 8.99. The van der Waals surface area contributed by atoms with Gasteiger partial charge in [0.2, 0.25) is 5.95 Å². The number of anilines is 4. The zero-order valence-corrected chi connectivity index (χ0v) is 22.1. The van der Waals surface area contributed by atoms with Crippen molar-refractivity contribution in [2.75, 3.05) is 37.1 Å². The summed E-state index contributed by atoms with van der Waals surface area (Å²) in [7, 11) is -2.47. The van der Waals surface area contributed by atoms with E-state index in [9.17, 15) is 4.57 Å². The fourth-order valence-electron chi connectivity index (χ4n) is 5.26. The molecule has 2 heterocycles. The van der Waals surface area contributed by atoms with E-state index in [1.165, 1.54) is 49.9 Å². The molecule has 0 amide bonds. The molecule has 1 fully saturated rings. The SMILES string of the molecule is CP(C)(=O)c1ccccc1Nc1nc(Nc2ccc3c(c2)CC[C@@H](N2CCCC2)CC3)ncc1Cl. The Hall–Kier alpha value is -2.40. The number of benzene rings is 2. The van der Waals surface area contributed by atoms with E-state index in [2.05, 4.69) is 43.7 Å². The van der Waals surface area contributed by atoms with Crippen LogP contribution < -0.4 is 15.9 Å². The summed E-state index contributed by atoms with van der Waals surface area (Å²) in [5, 5.41) is 7.79. The third kappa shape index (κ3) is 5.72. The molecule has 8 heteroatoms. The molecule has 0 unspecified atom stereocenters. The fraction of sp³-hybridized carbons (Fsp3) is 0.407. The van der Waals surface area contributed by atoms with E-state index in [0.717, 1.165) is 29.5 Å². The number of aromatic nitrogens is 2. The van der Waals surface area contributed by atoms with Crippen LogP contribution in [-0.2, 0) is 17.4 Å². The Morgan fingerprint density at radius 1 is 1.00 bits per heavy atom. The number of aryl methyl sites for hydroxylation is 2. The van der Waals surface area contributed by atoms with Gasteiger partial charge in [0, 0.05) is 17.0 Å². The molecule has 0 spiro atoms. The van der Waals surface area contributed by atoms with Crippen LogP contribution in [0.3, 0.4) is 0 Å². The molecule has 5 rings (SSSR count). The quantitative estimate of drug-likeness (QED) is 0.304. The van der Waals surface area contributed by atoms with Crippen molar-refractivity contribution in [3.8, 4) is 0 Å². The van der Waals surface area contributed by atoms with Gasteiger partial charge < -0.3 is 20.1 Å². The minimum Gasteiger partial charge on any atom is -0.338 e. The summed E-state index contributed by atoms with van der Waals surface area (Å²) >= 11 is 6.41. The van der Waals surface area contributed by atoms with Gasteiger partial charge in [0.25, 0.3) is 0 Å². The lowest BCUT2D eigenvalue weighted by atomic mass is 10.0. The smallest absolute Gasteiger partial charge is 0.229 e. The Labute approximate surface area is 212 Å². The molecule has 1 aliphatic carbocycles. The molecule has 3 aromatic rings. The van der Waals surface area contributed by atoms with Crippen molar-refractivity contribution in [3.05, 3.63) is 64.8 Å². The highest BCUT2D eigenvalue weighted by atomic mass is 35.5. The number of nitrogens with zero attached hydrogens (tertiary/aromatic N) is 3. The summed E-state index contributed by atoms with van der Waals surface area (Å²) in [5.74, 6) is 0.947. The topological polar surface area (TPSA) is 70.2 Å². The monoisotopic (exact) mass is 509 g/mol. The molecule has 0 saturated carbocycles. The number of fused-ring (bicyclic) bond motifs is 1. The van der Waals surface area contributed by atoms with Gasteiger partial charge >= 0.3 is 0 Å². The van der Waals surface area contributed by atoms with E-state index in [1.54, 1.807) is 19.5 Å². The maximum Gasteiger partial charge on any atom is 0.229 e. The molecule has 1 saturated heterocycles. The molecule has 0 bridgehead atoms. The second kappa shape index (κ2) is 10.3. The second-order valence-electron chi connectivity index (χ2n) is 9.97. The van der Waals surface area contributed by atoms with Crippen LogP contribution in [0.4, 0.5) is 23.1 Å². The molecular weight excluding hydrogens is 477 g/mol. The number of rotatable bonds is 6. The van der Waals surface area contributed by atoms with Gasteiger partial charge in [0.1, 0.15) is 12.2 Å². The Morgan fingerprint density at radius 3 is 2.51 bits per heavy atom. The van der Waals surface area contributed by atoms with Crippen molar-refractivity contribution in [2.45, 2.75) is 44.6 Å². The molecular formula is C27H33ClN5OP. The maximum atomic E-state index is 12.7. The number of para-hydroxylation sites is 1. The van der Waals surface area contributed by atoms with Crippen LogP contribution in [0.2, 0.25) is 5.02 Å². The van der Waals surface area contributed by atoms with E-state index in [-0.39, 0.29) is 0 Å². The van der Waals surface area contributed by atoms with Gasteiger partial charge in [-0.1, -0.05) is 29.8 Å². The summed E-state index contributed by atoms with van der Waals surface area (Å²) in [5.41, 5.74) is 4.59. The summed E-state index contributed by atoms with van der Waals surface area (Å²) in [6, 6.07) is 14.9. The van der Waals surface area contributed by atoms with Crippen molar-refractivity contribution in [3.63, 3.8) is 0 Å². The van der Waals surface area contributed by atoms with Gasteiger partial charge in [-0.05, 0) is 100 Å². The first-order valence-electron chi connectivity index (χ1n) is 12.4. The first kappa shape index (κ1) is 24.3. The molecule has 184 valence electrons. The molecule has 1 atom stereocenters. The van der Waals surface area contributed by atoms with E-state index in [0.29, 0.717) is 22.8 Å². The zero-order valence-electron chi connectivity index (χ0n) is 20.4. The van der Waals surface area contributed by atoms with E-state index < -0.39 is 7.14 Å². The van der Waals surface area contributed by atoms with E-state index >= 15 is 0 Å². The number of hydrogen-bond donors (Lipinski definition) is 2. The minimum absolute atomic E-state index is 0.405. The molecule has 35 heavy (non-hydrogen) atoms. The van der Waals surface area contributed by atoms with Gasteiger partial charge in [-0.25, -0.2) is 4.98 Å². The minimum atomic E-state index is -2.47. The maximum absolute atomic E-state index is 12.7. The molecule has 2 N–H and O–H groups in total. The number of halogens is 1. The molecule has 0 radical (unpaired) electrons. The molecule has 6 nitrogen and oxygen atoms in total. The Kier molecular flexibility index (Phi) is 7.15. The third-order valence-corrected chi connectivity index (χ3v) is 8.92. The van der Waals surface area contributed by atoms with Crippen LogP contribution in [0.15, 0.2) is 48.7 Å². The first-order chi connectivity index (χ1) is 16.9. The highest BCUT2D eigenvalue weighted by Crippen LogP contribution is 2.38. The Morgan fingerprint density at radius 2 is 1.74 bits per heavy atom. The lowest BCUT2D eigenvalue weighted by Crippen LogP contribution is -2.32. The van der Waals surface area contributed by atoms with Crippen LogP contribution in [-0.4, -0.2) is 47.3 Å². The van der Waals surface area contributed by atoms with Crippen LogP contribution in [0.25, 0.3) is 0 Å². The number of hydrogen-bond acceptors (Lipinski definition) is 6. The van der Waals surface area contributed by atoms with Crippen LogP contribution in [0.1, 0.15) is 36.8 Å². The molecule has 1 aromatic heterocycles. The predicted molar refractivity (Wildman–Crippen MR) is 147 cm³/mol. The van der Waals surface area contributed by atoms with Crippen LogP contribution in [0.5, 0.6) is 0 Å². The van der Waals surface area contributed by atoms with Gasteiger partial charge in [0.05, 0.1) is 11.9 Å². The zero-order chi connectivity index (χ0) is 24.4. The highest BCUT2D eigenvalue weighted by Gasteiger charge is 2.24. The normalized spacial score (nSPS) is 18.7. The van der Waals surface area contributed by atoms with Crippen LogP contribution >= 0.6 is 18.7 Å². The second-order valence-corrected chi connectivity index (χ2v) is 13.6. The molecule has 1 aliphatic heterocycles. The van der Waals surface area contributed by atoms with Crippen molar-refractivity contribution < 1.29 is 4.57 Å². The van der Waals surface area contributed by atoms with Crippen molar-refractivity contribution >= 4 is 47.2 Å². The fourth-order valence-corrected chi connectivity index (χ4v) is 6.56. The Bertz CT molecular complexity index is 1250. The van der Waals surface area contributed by atoms with Gasteiger partial charge in [-0.2, -0.15) is 4.98 Å². The molecule has 2 aromatic carbocycles. The molecule has 2 aliphatic rings. The lowest BCUT2D eigenvalue weighted by molar-refractivity contribution is 0.222. The van der Waals surface area contributed by atoms with E-state index in [1.807, 2.05) is 24.3 Å². The lowest BCUT2D eigenvalue weighted by Gasteiger charge is -2.25. The summed E-state index contributed by atoms with van der Waals surface area (Å²) in [6.45, 7) is 6.04. The van der Waals surface area contributed by atoms with Crippen molar-refractivity contribution in [1.82, 2.24) is 14.9 Å². The average Bonchev–Trinajstić information content (AvgIpc) is 3.28. The number of likely N-dealkylation sites (tertiary alicyclic amines) is 1. The first-order valence-corrected chi connectivity index (χ1v) is 15.4. The summed E-state index contributed by atoms with van der Waals surface area (Å²) in [4.78, 5) is 11.7. The number of nitrogens with one attached hydrogen (secondary N) is 2. The van der Waals surface area contributed by atoms with E-state index in [4.69, 9.17) is 11.6 Å². The predicted octanol–water partition coefficient (Wildman–Crippen LogP) is 6.21. The Balaban J connectivity index is 1.32. The highest BCUT2D eigenvalue weighted by molar-refractivity contribution is 7.70. The average molecular weight is 510 g/mol. The van der Waals surface area contributed by atoms with Crippen LogP contribution in [0, 0.1) is 0 Å². The summed E-state index contributed by atoms with van der Waals surface area (Å²) < 4.78 is 12.7. The standard InChI is InChI=1S/C27H33ClN5OP/c1-35(2,34)25-8-4-3-7-24(25)31-26-23(28)18-29-27(32-26)30-21-12-9-19-10-13-22(14-11-20(19)17-21)33-15-5-6-16-33/h3-4,7-9,12,17-18,22H,5-6,10-11,13-16H2,1-2H3,(H2,29,30,31,32)/t22-/m0/s1.